The summed E-state index contributed by atoms with van der Waals surface area (Å²) in [5.41, 5.74) is 5.33. The average Bonchev–Trinajstić information content (AvgIpc) is 3.72. The van der Waals surface area contributed by atoms with Crippen molar-refractivity contribution in [2.75, 3.05) is 9.80 Å². The van der Waals surface area contributed by atoms with Crippen LogP contribution in [0.2, 0.25) is 0 Å². The number of fused-ring (bicyclic) bond motifs is 3. The number of rotatable bonds is 5. The molecule has 0 fully saturated rings. The molecule has 1 aliphatic rings. The summed E-state index contributed by atoms with van der Waals surface area (Å²) < 4.78 is 8.80. The maximum absolute atomic E-state index is 6.38. The number of ether oxygens (including phenoxy) is 1. The third-order valence-electron chi connectivity index (χ3n) is 6.95. The molecule has 1 aliphatic heterocycles. The van der Waals surface area contributed by atoms with Gasteiger partial charge in [0.15, 0.2) is 0 Å². The molecule has 0 unspecified atom stereocenters. The van der Waals surface area contributed by atoms with Crippen molar-refractivity contribution in [3.05, 3.63) is 121 Å². The zero-order valence-electron chi connectivity index (χ0n) is 22.7. The van der Waals surface area contributed by atoms with Crippen LogP contribution in [0.1, 0.15) is 26.3 Å². The Morgan fingerprint density at radius 2 is 1.71 bits per heavy atom. The number of para-hydroxylation sites is 1. The third-order valence-corrected chi connectivity index (χ3v) is 9.01. The number of benzene rings is 3. The molecule has 3 aromatic carbocycles. The Morgan fingerprint density at radius 3 is 2.54 bits per heavy atom. The number of anilines is 2. The van der Waals surface area contributed by atoms with Gasteiger partial charge in [0.25, 0.3) is 0 Å². The predicted octanol–water partition coefficient (Wildman–Crippen LogP) is 9.78. The quantitative estimate of drug-likeness (QED) is 0.164. The topological polar surface area (TPSA) is 28.6 Å². The number of pyridine rings is 1. The first-order valence-corrected chi connectivity index (χ1v) is 14.8. The van der Waals surface area contributed by atoms with Gasteiger partial charge >= 0.3 is 0 Å². The van der Waals surface area contributed by atoms with E-state index in [1.165, 1.54) is 20.3 Å². The fourth-order valence-electron chi connectivity index (χ4n) is 4.81. The van der Waals surface area contributed by atoms with E-state index < -0.39 is 0 Å². The minimum Gasteiger partial charge on any atom is -0.500 e. The van der Waals surface area contributed by atoms with Crippen molar-refractivity contribution in [3.63, 3.8) is 0 Å². The van der Waals surface area contributed by atoms with Crippen LogP contribution in [0.5, 0.6) is 10.8 Å². The van der Waals surface area contributed by atoms with Crippen LogP contribution < -0.4 is 14.5 Å². The van der Waals surface area contributed by atoms with E-state index in [1.54, 1.807) is 22.7 Å². The standard InChI is InChI=1S/C34H26N3OS2.Pt/c1-34(2,3)24-12-14-35-30(19-24)28-18-23-13-17-39-32(23)33-29(28)21-31(40-33)38-27-11-7-10-26(20-27)37-16-15-36(22-37)25-8-5-4-6-9-25;/h4-19,22H,1-3H3;/q-3;. The van der Waals surface area contributed by atoms with E-state index in [0.29, 0.717) is 10.8 Å². The Bertz CT molecular complexity index is 1870. The molecule has 0 N–H and O–H groups in total. The predicted molar refractivity (Wildman–Crippen MR) is 168 cm³/mol. The van der Waals surface area contributed by atoms with Gasteiger partial charge in [-0.3, -0.25) is 4.98 Å². The summed E-state index contributed by atoms with van der Waals surface area (Å²) in [5, 5.41) is 5.11. The second-order valence-electron chi connectivity index (χ2n) is 10.7. The van der Waals surface area contributed by atoms with Crippen LogP contribution in [0.15, 0.2) is 96.8 Å². The summed E-state index contributed by atoms with van der Waals surface area (Å²) in [4.78, 5) is 8.88. The van der Waals surface area contributed by atoms with E-state index in [2.05, 4.69) is 79.6 Å². The fourth-order valence-corrected chi connectivity index (χ4v) is 6.85. The van der Waals surface area contributed by atoms with Crippen molar-refractivity contribution >= 4 is 54.2 Å². The summed E-state index contributed by atoms with van der Waals surface area (Å²) in [6.07, 6.45) is 5.96. The molecule has 0 saturated carbocycles. The zero-order chi connectivity index (χ0) is 27.3. The van der Waals surface area contributed by atoms with Gasteiger partial charge < -0.3 is 14.5 Å². The van der Waals surface area contributed by atoms with E-state index in [4.69, 9.17) is 9.72 Å². The molecule has 0 bridgehead atoms. The number of hydrogen-bond acceptors (Lipinski definition) is 6. The minimum atomic E-state index is 0. The third kappa shape index (κ3) is 5.44. The van der Waals surface area contributed by atoms with Gasteiger partial charge in [-0.05, 0) is 69.2 Å². The molecule has 7 heteroatoms. The molecular weight excluding hydrogens is 726 g/mol. The SMILES string of the molecule is CC(C)(C)c1ccnc(-c2cc3ccsc3c3sc(Oc4[c-]c(N5C=CN(c6ccccc6)[CH-]5)ccc4)[c-]c23)c1.[Pt]. The molecule has 0 amide bonds. The smallest absolute Gasteiger partial charge is 0.108 e. The Hall–Kier alpha value is -3.44. The first-order chi connectivity index (χ1) is 19.4. The molecule has 4 heterocycles. The summed E-state index contributed by atoms with van der Waals surface area (Å²) in [6, 6.07) is 31.9. The largest absolute Gasteiger partial charge is 0.500 e. The van der Waals surface area contributed by atoms with Crippen LogP contribution >= 0.6 is 22.7 Å². The molecule has 6 aromatic rings. The van der Waals surface area contributed by atoms with E-state index in [-0.39, 0.29) is 26.5 Å². The number of aromatic nitrogens is 1. The molecule has 208 valence electrons. The van der Waals surface area contributed by atoms with E-state index in [1.807, 2.05) is 66.6 Å². The van der Waals surface area contributed by atoms with Crippen molar-refractivity contribution in [2.45, 2.75) is 26.2 Å². The molecule has 7 rings (SSSR count). The molecule has 0 atom stereocenters. The molecule has 0 radical (unpaired) electrons. The maximum atomic E-state index is 6.38. The van der Waals surface area contributed by atoms with Gasteiger partial charge in [-0.1, -0.05) is 49.2 Å². The monoisotopic (exact) mass is 751 g/mol. The normalized spacial score (nSPS) is 13.2. The van der Waals surface area contributed by atoms with E-state index >= 15 is 0 Å². The Kier molecular flexibility index (Phi) is 7.50. The minimum absolute atomic E-state index is 0. The van der Waals surface area contributed by atoms with Crippen molar-refractivity contribution in [1.82, 2.24) is 4.98 Å². The van der Waals surface area contributed by atoms with Crippen LogP contribution in [0.3, 0.4) is 0 Å². The average molecular weight is 752 g/mol. The van der Waals surface area contributed by atoms with Crippen LogP contribution in [0.4, 0.5) is 11.4 Å². The van der Waals surface area contributed by atoms with Crippen LogP contribution in [-0.4, -0.2) is 4.98 Å². The molecular formula is C34H26N3OPtS2-3. The Labute approximate surface area is 262 Å². The molecule has 0 aliphatic carbocycles. The number of hydrogen-bond donors (Lipinski definition) is 0. The summed E-state index contributed by atoms with van der Waals surface area (Å²) in [5.74, 6) is 0.650. The van der Waals surface area contributed by atoms with Gasteiger partial charge in [0, 0.05) is 44.4 Å². The van der Waals surface area contributed by atoms with Gasteiger partial charge in [0.05, 0.1) is 0 Å². The maximum Gasteiger partial charge on any atom is 0.108 e. The molecule has 41 heavy (non-hydrogen) atoms. The summed E-state index contributed by atoms with van der Waals surface area (Å²) >= 11 is 3.37. The zero-order valence-corrected chi connectivity index (χ0v) is 26.6. The number of thiophene rings is 2. The first-order valence-electron chi connectivity index (χ1n) is 13.1. The van der Waals surface area contributed by atoms with Gasteiger partial charge in [-0.15, -0.1) is 42.7 Å². The van der Waals surface area contributed by atoms with Gasteiger partial charge in [0.1, 0.15) is 5.06 Å². The van der Waals surface area contributed by atoms with Gasteiger partial charge in [-0.25, -0.2) is 0 Å². The van der Waals surface area contributed by atoms with Crippen molar-refractivity contribution in [3.8, 4) is 22.1 Å². The number of nitrogens with zero attached hydrogens (tertiary/aromatic N) is 3. The van der Waals surface area contributed by atoms with Crippen molar-refractivity contribution in [1.29, 1.82) is 0 Å². The fraction of sp³-hybridized carbons (Fsp3) is 0.118. The second kappa shape index (κ2) is 11.1. The summed E-state index contributed by atoms with van der Waals surface area (Å²) in [7, 11) is 0. The van der Waals surface area contributed by atoms with E-state index in [9.17, 15) is 0 Å². The van der Waals surface area contributed by atoms with Crippen molar-refractivity contribution in [2.24, 2.45) is 0 Å². The summed E-state index contributed by atoms with van der Waals surface area (Å²) in [6.45, 7) is 8.72. The van der Waals surface area contributed by atoms with Crippen LogP contribution in [0.25, 0.3) is 31.4 Å². The molecule has 0 saturated heterocycles. The van der Waals surface area contributed by atoms with Crippen molar-refractivity contribution < 1.29 is 25.8 Å². The second-order valence-corrected chi connectivity index (χ2v) is 12.6. The molecule has 3 aromatic heterocycles. The Balaban J connectivity index is 0.00000302. The molecule has 0 spiro atoms. The van der Waals surface area contributed by atoms with Crippen LogP contribution in [-0.2, 0) is 26.5 Å². The van der Waals surface area contributed by atoms with Gasteiger partial charge in [0.2, 0.25) is 0 Å². The first kappa shape index (κ1) is 27.7. The van der Waals surface area contributed by atoms with Crippen LogP contribution in [0, 0.1) is 18.8 Å². The Morgan fingerprint density at radius 1 is 0.878 bits per heavy atom. The van der Waals surface area contributed by atoms with Gasteiger partial charge in [-0.2, -0.15) is 34.1 Å². The van der Waals surface area contributed by atoms with E-state index in [0.717, 1.165) is 28.0 Å². The molecule has 4 nitrogen and oxygen atoms in total.